The fourth-order valence-corrected chi connectivity index (χ4v) is 5.15. The third kappa shape index (κ3) is 5.62. The summed E-state index contributed by atoms with van der Waals surface area (Å²) in [6.45, 7) is 0. The highest BCUT2D eigenvalue weighted by atomic mass is 127. The summed E-state index contributed by atoms with van der Waals surface area (Å²) in [5, 5.41) is 1.55. The second-order valence-electron chi connectivity index (χ2n) is 4.31. The van der Waals surface area contributed by atoms with Crippen LogP contribution in [-0.2, 0) is 10.1 Å². The van der Waals surface area contributed by atoms with Crippen LogP contribution in [0.15, 0.2) is 70.3 Å². The Bertz CT molecular complexity index is 854. The van der Waals surface area contributed by atoms with Crippen LogP contribution < -0.4 is 21.2 Å². The maximum atomic E-state index is 13.3. The molecule has 0 aliphatic carbocycles. The van der Waals surface area contributed by atoms with E-state index in [2.05, 4.69) is 0 Å². The molecular weight excluding hydrogens is 469 g/mol. The highest BCUT2D eigenvalue weighted by Gasteiger charge is 2.22. The van der Waals surface area contributed by atoms with Gasteiger partial charge in [-0.05, 0) is 35.7 Å². The lowest BCUT2D eigenvalue weighted by molar-refractivity contribution is -0.603. The largest absolute Gasteiger partial charge is 0.743 e. The second-order valence-corrected chi connectivity index (χ2v) is 9.73. The van der Waals surface area contributed by atoms with E-state index in [0.29, 0.717) is 7.14 Å². The normalized spacial score (nSPS) is 10.8. The number of benzene rings is 2. The summed E-state index contributed by atoms with van der Waals surface area (Å²) < 4.78 is 58.2. The van der Waals surface area contributed by atoms with E-state index in [1.54, 1.807) is 41.8 Å². The van der Waals surface area contributed by atoms with Crippen molar-refractivity contribution in [3.8, 4) is 0 Å². The predicted molar refractivity (Wildman–Crippen MR) is 82.5 cm³/mol. The molecule has 3 aromatic rings. The number of halogens is 3. The average molecular weight is 480 g/mol. The van der Waals surface area contributed by atoms with Gasteiger partial charge in [0.1, 0.15) is 14.3 Å². The fourth-order valence-electron chi connectivity index (χ4n) is 1.55. The zero-order chi connectivity index (χ0) is 17.6. The van der Waals surface area contributed by atoms with Gasteiger partial charge in [0.05, 0.1) is 0 Å². The molecule has 0 bridgehead atoms. The molecular formula is C16H11F2IO3S2. The number of hydrogen-bond acceptors (Lipinski definition) is 4. The van der Waals surface area contributed by atoms with E-state index in [0.717, 1.165) is 11.3 Å². The molecule has 1 heterocycles. The molecule has 0 aliphatic heterocycles. The zero-order valence-corrected chi connectivity index (χ0v) is 15.8. The number of thiophene rings is 1. The summed E-state index contributed by atoms with van der Waals surface area (Å²) in [4.78, 5) is 0. The summed E-state index contributed by atoms with van der Waals surface area (Å²) >= 11 is 0.165. The standard InChI is InChI=1S/C12H8F2I.C4H4O3S2/c13-9-5-1-3-7-11(9)15-12-8-4-2-6-10(12)14;5-9(6,7)4-2-1-3-8-4/h1-8H;1-3H,(H,5,6,7)/q+1;/p-1. The molecule has 24 heavy (non-hydrogen) atoms. The van der Waals surface area contributed by atoms with E-state index in [4.69, 9.17) is 0 Å². The molecule has 1 aromatic heterocycles. The van der Waals surface area contributed by atoms with Crippen LogP contribution in [0, 0.1) is 18.8 Å². The van der Waals surface area contributed by atoms with Crippen molar-refractivity contribution in [1.29, 1.82) is 0 Å². The van der Waals surface area contributed by atoms with Crippen molar-refractivity contribution in [2.45, 2.75) is 4.21 Å². The van der Waals surface area contributed by atoms with Crippen LogP contribution in [0.2, 0.25) is 0 Å². The van der Waals surface area contributed by atoms with Gasteiger partial charge >= 0.3 is 21.2 Å². The summed E-state index contributed by atoms with van der Waals surface area (Å²) in [5.41, 5.74) is 0. The summed E-state index contributed by atoms with van der Waals surface area (Å²) in [5.74, 6) is -0.484. The van der Waals surface area contributed by atoms with Crippen LogP contribution in [0.4, 0.5) is 8.78 Å². The molecule has 2 aromatic carbocycles. The van der Waals surface area contributed by atoms with Crippen molar-refractivity contribution in [3.05, 3.63) is 84.8 Å². The molecule has 126 valence electrons. The van der Waals surface area contributed by atoms with Crippen molar-refractivity contribution in [2.24, 2.45) is 0 Å². The summed E-state index contributed by atoms with van der Waals surface area (Å²) in [6, 6.07) is 15.9. The monoisotopic (exact) mass is 480 g/mol. The van der Waals surface area contributed by atoms with E-state index in [1.165, 1.54) is 24.3 Å². The minimum Gasteiger partial charge on any atom is -0.743 e. The first-order chi connectivity index (χ1) is 11.4. The van der Waals surface area contributed by atoms with Gasteiger partial charge in [-0.2, -0.15) is 0 Å². The summed E-state index contributed by atoms with van der Waals surface area (Å²) in [7, 11) is -4.19. The van der Waals surface area contributed by atoms with E-state index in [1.807, 2.05) is 0 Å². The quantitative estimate of drug-likeness (QED) is 0.411. The van der Waals surface area contributed by atoms with E-state index in [-0.39, 0.29) is 15.8 Å². The van der Waals surface area contributed by atoms with Gasteiger partial charge in [-0.1, -0.05) is 30.3 Å². The van der Waals surface area contributed by atoms with Crippen LogP contribution in [-0.4, -0.2) is 13.0 Å². The first kappa shape index (κ1) is 19.0. The molecule has 0 aliphatic rings. The summed E-state index contributed by atoms with van der Waals surface area (Å²) in [6.07, 6.45) is 0. The van der Waals surface area contributed by atoms with E-state index < -0.39 is 31.3 Å². The number of rotatable bonds is 3. The Morgan fingerprint density at radius 3 is 1.67 bits per heavy atom. The van der Waals surface area contributed by atoms with E-state index >= 15 is 0 Å². The Hall–Kier alpha value is -1.36. The zero-order valence-electron chi connectivity index (χ0n) is 12.0. The van der Waals surface area contributed by atoms with Gasteiger partial charge in [0, 0.05) is 0 Å². The lowest BCUT2D eigenvalue weighted by Crippen LogP contribution is -3.62. The second kappa shape index (κ2) is 8.65. The van der Waals surface area contributed by atoms with Gasteiger partial charge in [-0.15, -0.1) is 11.3 Å². The van der Waals surface area contributed by atoms with Gasteiger partial charge in [0.15, 0.2) is 11.6 Å². The Kier molecular flexibility index (Phi) is 6.84. The topological polar surface area (TPSA) is 57.2 Å². The van der Waals surface area contributed by atoms with E-state index in [9.17, 15) is 21.8 Å². The first-order valence-electron chi connectivity index (χ1n) is 6.51. The molecule has 0 unspecified atom stereocenters. The number of hydrogen-bond donors (Lipinski definition) is 0. The van der Waals surface area contributed by atoms with Crippen LogP contribution >= 0.6 is 11.3 Å². The molecule has 0 spiro atoms. The molecule has 3 rings (SSSR count). The van der Waals surface area contributed by atoms with Crippen LogP contribution in [0.25, 0.3) is 0 Å². The Labute approximate surface area is 153 Å². The molecule has 3 nitrogen and oxygen atoms in total. The maximum Gasteiger partial charge on any atom is 0.364 e. The highest BCUT2D eigenvalue weighted by molar-refractivity contribution is 7.88. The van der Waals surface area contributed by atoms with Crippen molar-refractivity contribution in [2.75, 3.05) is 0 Å². The van der Waals surface area contributed by atoms with Crippen molar-refractivity contribution < 1.29 is 43.0 Å². The minimum absolute atomic E-state index is 0.123. The molecule has 0 amide bonds. The van der Waals surface area contributed by atoms with Gasteiger partial charge < -0.3 is 4.55 Å². The van der Waals surface area contributed by atoms with Gasteiger partial charge in [0.25, 0.3) is 0 Å². The Morgan fingerprint density at radius 1 is 0.833 bits per heavy atom. The third-order valence-corrected chi connectivity index (χ3v) is 7.70. The highest BCUT2D eigenvalue weighted by Crippen LogP contribution is 2.13. The lowest BCUT2D eigenvalue weighted by atomic mass is 10.4. The fraction of sp³-hybridized carbons (Fsp3) is 0. The smallest absolute Gasteiger partial charge is 0.364 e. The maximum absolute atomic E-state index is 13.3. The molecule has 0 atom stereocenters. The molecule has 0 saturated heterocycles. The lowest BCUT2D eigenvalue weighted by Gasteiger charge is -2.00. The molecule has 0 saturated carbocycles. The molecule has 8 heteroatoms. The van der Waals surface area contributed by atoms with Crippen molar-refractivity contribution >= 4 is 21.5 Å². The minimum atomic E-state index is -4.19. The van der Waals surface area contributed by atoms with Gasteiger partial charge in [-0.25, -0.2) is 17.2 Å². The van der Waals surface area contributed by atoms with Crippen LogP contribution in [0.1, 0.15) is 0 Å². The van der Waals surface area contributed by atoms with Gasteiger partial charge in [-0.3, -0.25) is 0 Å². The van der Waals surface area contributed by atoms with Gasteiger partial charge in [0.2, 0.25) is 7.14 Å². The van der Waals surface area contributed by atoms with Crippen molar-refractivity contribution in [3.63, 3.8) is 0 Å². The third-order valence-electron chi connectivity index (χ3n) is 2.59. The van der Waals surface area contributed by atoms with Crippen molar-refractivity contribution in [1.82, 2.24) is 0 Å². The average Bonchev–Trinajstić information content (AvgIpc) is 3.07. The first-order valence-corrected chi connectivity index (χ1v) is 11.0. The molecule has 0 radical (unpaired) electrons. The molecule has 0 fully saturated rings. The molecule has 0 N–H and O–H groups in total. The van der Waals surface area contributed by atoms with Crippen LogP contribution in [0.5, 0.6) is 0 Å². The predicted octanol–water partition coefficient (Wildman–Crippen LogP) is 0.745. The Morgan fingerprint density at radius 2 is 1.33 bits per heavy atom. The van der Waals surface area contributed by atoms with Crippen LogP contribution in [0.3, 0.4) is 0 Å². The Balaban J connectivity index is 0.000000198. The SMILES string of the molecule is Fc1ccccc1[I+]c1ccccc1F.O=S(=O)([O-])c1cccs1.